The molecule has 1 aromatic carbocycles. The van der Waals surface area contributed by atoms with Gasteiger partial charge in [0.1, 0.15) is 5.75 Å². The molecule has 2 atom stereocenters. The molecule has 0 aromatic heterocycles. The van der Waals surface area contributed by atoms with E-state index in [1.54, 1.807) is 12.1 Å². The highest BCUT2D eigenvalue weighted by Crippen LogP contribution is 2.31. The summed E-state index contributed by atoms with van der Waals surface area (Å²) in [5, 5.41) is 13.0. The second kappa shape index (κ2) is 8.02. The van der Waals surface area contributed by atoms with Crippen LogP contribution in [0.3, 0.4) is 0 Å². The number of aromatic hydroxyl groups is 1. The first-order valence-corrected chi connectivity index (χ1v) is 8.42. The lowest BCUT2D eigenvalue weighted by molar-refractivity contribution is -0.137. The van der Waals surface area contributed by atoms with Crippen molar-refractivity contribution in [3.63, 3.8) is 0 Å². The van der Waals surface area contributed by atoms with E-state index in [0.717, 1.165) is 31.5 Å². The van der Waals surface area contributed by atoms with Gasteiger partial charge in [0.05, 0.1) is 0 Å². The molecular weight excluding hydrogens is 312 g/mol. The molecule has 0 radical (unpaired) electrons. The van der Waals surface area contributed by atoms with Crippen LogP contribution in [0.2, 0.25) is 0 Å². The highest BCUT2D eigenvalue weighted by atomic mass is 35.5. The Hall–Kier alpha value is -1.26. The van der Waals surface area contributed by atoms with E-state index in [4.69, 9.17) is 0 Å². The van der Waals surface area contributed by atoms with Crippen molar-refractivity contribution in [2.24, 2.45) is 11.8 Å². The Morgan fingerprint density at radius 2 is 2.13 bits per heavy atom. The maximum atomic E-state index is 12.9. The number of nitrogens with one attached hydrogen (secondary N) is 1. The highest BCUT2D eigenvalue weighted by molar-refractivity contribution is 5.85. The van der Waals surface area contributed by atoms with Crippen LogP contribution in [0, 0.1) is 11.8 Å². The monoisotopic (exact) mass is 338 g/mol. The molecule has 1 amide bonds. The summed E-state index contributed by atoms with van der Waals surface area (Å²) < 4.78 is 0. The molecule has 3 rings (SSSR count). The minimum absolute atomic E-state index is 0. The minimum atomic E-state index is 0. The van der Waals surface area contributed by atoms with Crippen LogP contribution in [-0.4, -0.2) is 35.0 Å². The van der Waals surface area contributed by atoms with E-state index in [0.29, 0.717) is 24.4 Å². The summed E-state index contributed by atoms with van der Waals surface area (Å²) in [5.41, 5.74) is 1.01. The zero-order valence-electron chi connectivity index (χ0n) is 13.7. The van der Waals surface area contributed by atoms with Gasteiger partial charge < -0.3 is 15.3 Å². The second-order valence-electron chi connectivity index (χ2n) is 6.91. The molecule has 1 aromatic rings. The lowest BCUT2D eigenvalue weighted by atomic mass is 9.91. The Kier molecular flexibility index (Phi) is 6.31. The minimum Gasteiger partial charge on any atom is -0.508 e. The van der Waals surface area contributed by atoms with Crippen molar-refractivity contribution in [3.8, 4) is 5.75 Å². The number of carbonyl (C=O) groups excluding carboxylic acids is 1. The number of hydrogen-bond donors (Lipinski definition) is 2. The van der Waals surface area contributed by atoms with Crippen LogP contribution in [0.5, 0.6) is 5.75 Å². The van der Waals surface area contributed by atoms with E-state index >= 15 is 0 Å². The lowest BCUT2D eigenvalue weighted by Crippen LogP contribution is -2.44. The third-order valence-electron chi connectivity index (χ3n) is 4.74. The number of amides is 1. The van der Waals surface area contributed by atoms with Crippen molar-refractivity contribution >= 4 is 18.3 Å². The van der Waals surface area contributed by atoms with Gasteiger partial charge in [-0.25, -0.2) is 0 Å². The summed E-state index contributed by atoms with van der Waals surface area (Å²) in [6.07, 6.45) is 4.35. The molecule has 1 heterocycles. The van der Waals surface area contributed by atoms with Crippen molar-refractivity contribution in [1.82, 2.24) is 10.2 Å². The van der Waals surface area contributed by atoms with E-state index in [9.17, 15) is 9.90 Å². The number of phenolic OH excluding ortho intramolecular Hbond substituents is 1. The fraction of sp³-hybridized carbons (Fsp3) is 0.611. The molecule has 0 bridgehead atoms. The van der Waals surface area contributed by atoms with Crippen LogP contribution >= 0.6 is 12.4 Å². The van der Waals surface area contributed by atoms with Gasteiger partial charge in [0.15, 0.2) is 0 Å². The fourth-order valence-corrected chi connectivity index (χ4v) is 3.33. The van der Waals surface area contributed by atoms with Crippen molar-refractivity contribution in [3.05, 3.63) is 29.8 Å². The average molecular weight is 339 g/mol. The average Bonchev–Trinajstić information content (AvgIpc) is 3.30. The zero-order chi connectivity index (χ0) is 15.5. The van der Waals surface area contributed by atoms with E-state index in [1.807, 2.05) is 17.0 Å². The van der Waals surface area contributed by atoms with Crippen LogP contribution in [0.25, 0.3) is 0 Å². The molecule has 1 saturated heterocycles. The quantitative estimate of drug-likeness (QED) is 0.868. The first kappa shape index (κ1) is 18.1. The van der Waals surface area contributed by atoms with Crippen LogP contribution < -0.4 is 5.32 Å². The van der Waals surface area contributed by atoms with Gasteiger partial charge in [-0.15, -0.1) is 12.4 Å². The van der Waals surface area contributed by atoms with Gasteiger partial charge in [0, 0.05) is 25.0 Å². The van der Waals surface area contributed by atoms with Gasteiger partial charge in [-0.1, -0.05) is 12.1 Å². The van der Waals surface area contributed by atoms with Crippen molar-refractivity contribution < 1.29 is 9.90 Å². The van der Waals surface area contributed by atoms with Gasteiger partial charge in [-0.3, -0.25) is 4.79 Å². The van der Waals surface area contributed by atoms with E-state index in [1.165, 1.54) is 12.8 Å². The number of nitrogens with zero attached hydrogens (tertiary/aromatic N) is 1. The van der Waals surface area contributed by atoms with Gasteiger partial charge in [0.25, 0.3) is 0 Å². The standard InChI is InChI=1S/C18H26N2O2.ClH/c1-13-9-16(7-8-19-13)18(22)20(11-14-5-6-14)12-15-3-2-4-17(21)10-15;/h2-4,10,13-14,16,19,21H,5-9,11-12H2,1H3;1H/t13-,16-;/m0./s1. The molecule has 23 heavy (non-hydrogen) atoms. The maximum Gasteiger partial charge on any atom is 0.226 e. The summed E-state index contributed by atoms with van der Waals surface area (Å²) in [4.78, 5) is 15.0. The van der Waals surface area contributed by atoms with E-state index in [-0.39, 0.29) is 24.1 Å². The number of halogens is 1. The Morgan fingerprint density at radius 3 is 2.78 bits per heavy atom. The zero-order valence-corrected chi connectivity index (χ0v) is 14.5. The van der Waals surface area contributed by atoms with E-state index in [2.05, 4.69) is 12.2 Å². The first-order valence-electron chi connectivity index (χ1n) is 8.42. The van der Waals surface area contributed by atoms with Crippen molar-refractivity contribution in [2.75, 3.05) is 13.1 Å². The Bertz CT molecular complexity index is 534. The van der Waals surface area contributed by atoms with Crippen molar-refractivity contribution in [1.29, 1.82) is 0 Å². The van der Waals surface area contributed by atoms with Gasteiger partial charge in [-0.05, 0) is 62.8 Å². The molecule has 4 nitrogen and oxygen atoms in total. The predicted molar refractivity (Wildman–Crippen MR) is 93.7 cm³/mol. The Balaban J connectivity index is 0.00000192. The Morgan fingerprint density at radius 1 is 1.35 bits per heavy atom. The van der Waals surface area contributed by atoms with Gasteiger partial charge >= 0.3 is 0 Å². The third kappa shape index (κ3) is 5.11. The number of benzene rings is 1. The smallest absolute Gasteiger partial charge is 0.226 e. The molecular formula is C18H27ClN2O2. The maximum absolute atomic E-state index is 12.9. The topological polar surface area (TPSA) is 52.6 Å². The van der Waals surface area contributed by atoms with Crippen LogP contribution in [0.1, 0.15) is 38.2 Å². The van der Waals surface area contributed by atoms with Gasteiger partial charge in [-0.2, -0.15) is 0 Å². The number of phenols is 1. The van der Waals surface area contributed by atoms with Gasteiger partial charge in [0.2, 0.25) is 5.91 Å². The van der Waals surface area contributed by atoms with Crippen molar-refractivity contribution in [2.45, 2.75) is 45.2 Å². The molecule has 128 valence electrons. The summed E-state index contributed by atoms with van der Waals surface area (Å²) in [6, 6.07) is 7.68. The van der Waals surface area contributed by atoms with Crippen LogP contribution in [-0.2, 0) is 11.3 Å². The summed E-state index contributed by atoms with van der Waals surface area (Å²) >= 11 is 0. The summed E-state index contributed by atoms with van der Waals surface area (Å²) in [7, 11) is 0. The molecule has 1 aliphatic carbocycles. The number of piperidine rings is 1. The highest BCUT2D eigenvalue weighted by Gasteiger charge is 2.32. The predicted octanol–water partition coefficient (Wildman–Crippen LogP) is 2.94. The fourth-order valence-electron chi connectivity index (χ4n) is 3.33. The molecule has 5 heteroatoms. The largest absolute Gasteiger partial charge is 0.508 e. The molecule has 2 fully saturated rings. The SMILES string of the molecule is C[C@H]1C[C@@H](C(=O)N(Cc2cccc(O)c2)CC2CC2)CCN1.Cl. The normalized spacial score (nSPS) is 23.9. The molecule has 2 N–H and O–H groups in total. The van der Waals surface area contributed by atoms with Crippen LogP contribution in [0.15, 0.2) is 24.3 Å². The first-order chi connectivity index (χ1) is 10.6. The summed E-state index contributed by atoms with van der Waals surface area (Å²) in [6.45, 7) is 4.57. The molecule has 2 aliphatic rings. The summed E-state index contributed by atoms with van der Waals surface area (Å²) in [5.74, 6) is 1.39. The lowest BCUT2D eigenvalue weighted by Gasteiger charge is -2.32. The van der Waals surface area contributed by atoms with Crippen LogP contribution in [0.4, 0.5) is 0 Å². The molecule has 1 aliphatic heterocycles. The number of carbonyl (C=O) groups is 1. The number of hydrogen-bond acceptors (Lipinski definition) is 3. The molecule has 0 spiro atoms. The number of rotatable bonds is 5. The molecule has 0 unspecified atom stereocenters. The second-order valence-corrected chi connectivity index (χ2v) is 6.91. The molecule has 1 saturated carbocycles. The van der Waals surface area contributed by atoms with E-state index < -0.39 is 0 Å². The third-order valence-corrected chi connectivity index (χ3v) is 4.74. The Labute approximate surface area is 144 Å².